The molecule has 2 atom stereocenters. The van der Waals surface area contributed by atoms with Crippen LogP contribution in [-0.2, 0) is 9.53 Å². The van der Waals surface area contributed by atoms with Gasteiger partial charge in [-0.25, -0.2) is 4.98 Å². The number of esters is 1. The summed E-state index contributed by atoms with van der Waals surface area (Å²) in [6.45, 7) is 0.708. The van der Waals surface area contributed by atoms with Gasteiger partial charge in [-0.2, -0.15) is 14.0 Å². The van der Waals surface area contributed by atoms with Crippen LogP contribution in [0, 0.1) is 17.2 Å². The lowest BCUT2D eigenvalue weighted by Crippen LogP contribution is -2.23. The van der Waals surface area contributed by atoms with Crippen LogP contribution in [0.3, 0.4) is 0 Å². The van der Waals surface area contributed by atoms with E-state index in [9.17, 15) is 18.8 Å². The largest absolute Gasteiger partial charge is 0.440 e. The molecule has 1 heterocycles. The van der Waals surface area contributed by atoms with E-state index in [2.05, 4.69) is 9.72 Å². The quantitative estimate of drug-likeness (QED) is 0.369. The number of para-hydroxylation sites is 1. The van der Waals surface area contributed by atoms with E-state index >= 15 is 0 Å². The van der Waals surface area contributed by atoms with Gasteiger partial charge in [-0.05, 0) is 41.8 Å². The van der Waals surface area contributed by atoms with E-state index in [1.165, 1.54) is 24.3 Å². The van der Waals surface area contributed by atoms with Gasteiger partial charge in [0.2, 0.25) is 12.0 Å². The Bertz CT molecular complexity index is 1100. The van der Waals surface area contributed by atoms with Crippen LogP contribution >= 0.6 is 0 Å². The lowest BCUT2D eigenvalue weighted by molar-refractivity contribution is -0.150. The highest BCUT2D eigenvalue weighted by molar-refractivity contribution is 5.79. The summed E-state index contributed by atoms with van der Waals surface area (Å²) < 4.78 is 40.3. The fraction of sp³-hybridized carbons (Fsp3) is 0.240. The maximum atomic E-state index is 13.0. The first-order chi connectivity index (χ1) is 15.9. The Kier molecular flexibility index (Phi) is 7.92. The number of rotatable bonds is 9. The van der Waals surface area contributed by atoms with Crippen LogP contribution in [0.5, 0.6) is 17.4 Å². The minimum Gasteiger partial charge on any atom is -0.440 e. The van der Waals surface area contributed by atoms with Gasteiger partial charge in [0, 0.05) is 6.07 Å². The van der Waals surface area contributed by atoms with Crippen LogP contribution in [0.4, 0.5) is 8.78 Å². The Morgan fingerprint density at radius 1 is 0.939 bits per heavy atom. The van der Waals surface area contributed by atoms with Gasteiger partial charge in [-0.15, -0.1) is 0 Å². The molecule has 0 saturated carbocycles. The van der Waals surface area contributed by atoms with E-state index in [4.69, 9.17) is 9.47 Å². The number of halogens is 2. The van der Waals surface area contributed by atoms with Gasteiger partial charge in [0.05, 0.1) is 11.6 Å². The molecule has 33 heavy (non-hydrogen) atoms. The van der Waals surface area contributed by atoms with E-state index in [1.807, 2.05) is 38.1 Å². The molecule has 0 aliphatic carbocycles. The molecule has 3 aromatic rings. The number of ether oxygens (including phenoxy) is 3. The molecule has 170 valence electrons. The van der Waals surface area contributed by atoms with E-state index in [0.29, 0.717) is 11.3 Å². The molecule has 0 saturated heterocycles. The van der Waals surface area contributed by atoms with Crippen LogP contribution in [0.25, 0.3) is 0 Å². The van der Waals surface area contributed by atoms with E-state index < -0.39 is 24.6 Å². The second-order valence-electron chi connectivity index (χ2n) is 7.43. The maximum absolute atomic E-state index is 13.0. The predicted octanol–water partition coefficient (Wildman–Crippen LogP) is 6.02. The number of alkyl halides is 2. The van der Waals surface area contributed by atoms with Gasteiger partial charge in [0.1, 0.15) is 17.6 Å². The molecule has 0 fully saturated rings. The number of benzene rings is 2. The SMILES string of the molecule is CC(C)C(C(=O)OC(C#N)c1cccc(Oc2ccccc2)n1)c1ccc(OC(F)F)cc1. The summed E-state index contributed by atoms with van der Waals surface area (Å²) in [5, 5.41) is 9.62. The van der Waals surface area contributed by atoms with Crippen molar-refractivity contribution < 1.29 is 27.8 Å². The molecule has 0 aliphatic rings. The average Bonchev–Trinajstić information content (AvgIpc) is 2.79. The van der Waals surface area contributed by atoms with Gasteiger partial charge in [-0.1, -0.05) is 50.2 Å². The van der Waals surface area contributed by atoms with Crippen molar-refractivity contribution in [1.29, 1.82) is 5.26 Å². The minimum absolute atomic E-state index is 0.0149. The Balaban J connectivity index is 1.76. The van der Waals surface area contributed by atoms with Crippen molar-refractivity contribution in [2.24, 2.45) is 5.92 Å². The van der Waals surface area contributed by atoms with Crippen LogP contribution in [-0.4, -0.2) is 17.6 Å². The van der Waals surface area contributed by atoms with Crippen molar-refractivity contribution in [1.82, 2.24) is 4.98 Å². The normalized spacial score (nSPS) is 12.6. The van der Waals surface area contributed by atoms with Crippen LogP contribution in [0.2, 0.25) is 0 Å². The van der Waals surface area contributed by atoms with Crippen molar-refractivity contribution in [3.05, 3.63) is 84.1 Å². The monoisotopic (exact) mass is 452 g/mol. The molecule has 0 spiro atoms. The van der Waals surface area contributed by atoms with Crippen LogP contribution < -0.4 is 9.47 Å². The molecule has 2 aromatic carbocycles. The fourth-order valence-electron chi connectivity index (χ4n) is 3.24. The zero-order valence-electron chi connectivity index (χ0n) is 18.0. The maximum Gasteiger partial charge on any atom is 0.387 e. The molecule has 3 rings (SSSR count). The molecule has 0 amide bonds. The number of pyridine rings is 1. The first-order valence-corrected chi connectivity index (χ1v) is 10.2. The zero-order chi connectivity index (χ0) is 23.8. The number of nitriles is 1. The predicted molar refractivity (Wildman–Crippen MR) is 116 cm³/mol. The van der Waals surface area contributed by atoms with Gasteiger partial charge < -0.3 is 14.2 Å². The highest BCUT2D eigenvalue weighted by Gasteiger charge is 2.29. The number of nitrogens with zero attached hydrogens (tertiary/aromatic N) is 2. The second-order valence-corrected chi connectivity index (χ2v) is 7.43. The van der Waals surface area contributed by atoms with Crippen LogP contribution in [0.1, 0.15) is 37.1 Å². The molecule has 2 unspecified atom stereocenters. The van der Waals surface area contributed by atoms with E-state index in [0.717, 1.165) is 0 Å². The average molecular weight is 452 g/mol. The Hall–Kier alpha value is -3.99. The molecule has 8 heteroatoms. The fourth-order valence-corrected chi connectivity index (χ4v) is 3.24. The van der Waals surface area contributed by atoms with Gasteiger partial charge >= 0.3 is 12.6 Å². The lowest BCUT2D eigenvalue weighted by Gasteiger charge is -2.22. The number of carbonyl (C=O) groups is 1. The summed E-state index contributed by atoms with van der Waals surface area (Å²) >= 11 is 0. The van der Waals surface area contributed by atoms with Crippen molar-refractivity contribution in [3.63, 3.8) is 0 Å². The summed E-state index contributed by atoms with van der Waals surface area (Å²) in [6.07, 6.45) is -1.25. The number of hydrogen-bond donors (Lipinski definition) is 0. The first-order valence-electron chi connectivity index (χ1n) is 10.2. The molecule has 1 aromatic heterocycles. The highest BCUT2D eigenvalue weighted by atomic mass is 19.3. The highest BCUT2D eigenvalue weighted by Crippen LogP contribution is 2.30. The molecule has 0 aliphatic heterocycles. The smallest absolute Gasteiger partial charge is 0.387 e. The molecular weight excluding hydrogens is 430 g/mol. The topological polar surface area (TPSA) is 81.4 Å². The third kappa shape index (κ3) is 6.50. The standard InChI is InChI=1S/C25H22F2N2O4/c1-16(2)23(17-11-13-19(14-12-17)32-25(26)27)24(30)33-21(15-28)20-9-6-10-22(29-20)31-18-7-4-3-5-8-18/h3-14,16,21,23,25H,1-2H3. The molecule has 0 bridgehead atoms. The van der Waals surface area contributed by atoms with Gasteiger partial charge in [0.15, 0.2) is 0 Å². The summed E-state index contributed by atoms with van der Waals surface area (Å²) in [4.78, 5) is 17.3. The molecule has 0 N–H and O–H groups in total. The minimum atomic E-state index is -2.94. The van der Waals surface area contributed by atoms with Crippen molar-refractivity contribution in [2.45, 2.75) is 32.5 Å². The third-order valence-electron chi connectivity index (χ3n) is 4.72. The van der Waals surface area contributed by atoms with Crippen molar-refractivity contribution >= 4 is 5.97 Å². The van der Waals surface area contributed by atoms with Crippen molar-refractivity contribution in [3.8, 4) is 23.4 Å². The summed E-state index contributed by atoms with van der Waals surface area (Å²) in [7, 11) is 0. The number of aromatic nitrogens is 1. The first kappa shape index (κ1) is 23.7. The Morgan fingerprint density at radius 2 is 1.64 bits per heavy atom. The Labute approximate surface area is 190 Å². The Morgan fingerprint density at radius 3 is 2.24 bits per heavy atom. The number of carbonyl (C=O) groups excluding carboxylic acids is 1. The van der Waals surface area contributed by atoms with Crippen molar-refractivity contribution in [2.75, 3.05) is 0 Å². The van der Waals surface area contributed by atoms with E-state index in [1.54, 1.807) is 30.3 Å². The van der Waals surface area contributed by atoms with E-state index in [-0.39, 0.29) is 23.2 Å². The van der Waals surface area contributed by atoms with Gasteiger partial charge in [-0.3, -0.25) is 4.79 Å². The molecular formula is C25H22F2N2O4. The molecule has 0 radical (unpaired) electrons. The summed E-state index contributed by atoms with van der Waals surface area (Å²) in [5.74, 6) is -0.712. The zero-order valence-corrected chi connectivity index (χ0v) is 18.0. The van der Waals surface area contributed by atoms with Crippen LogP contribution in [0.15, 0.2) is 72.8 Å². The summed E-state index contributed by atoms with van der Waals surface area (Å²) in [6, 6.07) is 21.6. The second kappa shape index (κ2) is 11.0. The third-order valence-corrected chi connectivity index (χ3v) is 4.72. The van der Waals surface area contributed by atoms with Gasteiger partial charge in [0.25, 0.3) is 0 Å². The summed E-state index contributed by atoms with van der Waals surface area (Å²) in [5.41, 5.74) is 0.782. The lowest BCUT2D eigenvalue weighted by atomic mass is 9.88. The number of hydrogen-bond acceptors (Lipinski definition) is 6. The molecule has 6 nitrogen and oxygen atoms in total.